The van der Waals surface area contributed by atoms with Crippen LogP contribution >= 0.6 is 23.4 Å². The molecule has 0 atom stereocenters. The van der Waals surface area contributed by atoms with Crippen molar-refractivity contribution in [2.24, 2.45) is 0 Å². The molecule has 1 rings (SSSR count). The Morgan fingerprint density at radius 2 is 1.91 bits per heavy atom. The van der Waals surface area contributed by atoms with E-state index in [1.807, 2.05) is 30.4 Å². The van der Waals surface area contributed by atoms with Gasteiger partial charge in [-0.25, -0.2) is 4.90 Å². The van der Waals surface area contributed by atoms with Gasteiger partial charge in [0.1, 0.15) is 0 Å². The van der Waals surface area contributed by atoms with Gasteiger partial charge in [-0.2, -0.15) is 11.8 Å². The van der Waals surface area contributed by atoms with Crippen molar-refractivity contribution in [1.82, 2.24) is 4.90 Å². The van der Waals surface area contributed by atoms with Crippen molar-refractivity contribution in [1.29, 1.82) is 0 Å². The van der Waals surface area contributed by atoms with Gasteiger partial charge in [-0.1, -0.05) is 0 Å². The molecule has 1 heterocycles. The average molecular weight is 194 g/mol. The van der Waals surface area contributed by atoms with Gasteiger partial charge in [0, 0.05) is 23.1 Å². The highest BCUT2D eigenvalue weighted by Crippen LogP contribution is 2.10. The molecule has 0 aromatic heterocycles. The smallest absolute Gasteiger partial charge is 0.257 e. The lowest BCUT2D eigenvalue weighted by molar-refractivity contribution is -0.467. The van der Waals surface area contributed by atoms with E-state index in [1.54, 1.807) is 0 Å². The molecular weight excluding hydrogens is 180 g/mol. The minimum Gasteiger partial charge on any atom is -0.257 e. The molecule has 0 amide bonds. The molecule has 0 bridgehead atoms. The molecule has 1 fully saturated rings. The number of halogens is 1. The van der Waals surface area contributed by atoms with Gasteiger partial charge < -0.3 is 0 Å². The van der Waals surface area contributed by atoms with E-state index in [1.165, 1.54) is 11.5 Å². The van der Waals surface area contributed by atoms with E-state index in [4.69, 9.17) is 11.6 Å². The van der Waals surface area contributed by atoms with E-state index in [9.17, 15) is 0 Å². The standard InChI is InChI=1S/C7H14ClN2S/c1-9(2)7(8)10-3-5-11-6-4-10/h3-6H2,1-2H3/q+1. The minimum atomic E-state index is 0.866. The van der Waals surface area contributed by atoms with E-state index in [2.05, 4.69) is 4.90 Å². The highest BCUT2D eigenvalue weighted by atomic mass is 35.5. The Morgan fingerprint density at radius 1 is 1.36 bits per heavy atom. The molecule has 0 N–H and O–H groups in total. The SMILES string of the molecule is C[N+](C)=C(Cl)N1CCSCC1. The topological polar surface area (TPSA) is 6.25 Å². The van der Waals surface area contributed by atoms with E-state index in [0.717, 1.165) is 18.4 Å². The molecule has 1 saturated heterocycles. The van der Waals surface area contributed by atoms with Crippen molar-refractivity contribution in [3.05, 3.63) is 0 Å². The maximum atomic E-state index is 6.05. The van der Waals surface area contributed by atoms with Gasteiger partial charge in [-0.15, -0.1) is 0 Å². The molecule has 4 heteroatoms. The monoisotopic (exact) mass is 193 g/mol. The summed E-state index contributed by atoms with van der Waals surface area (Å²) in [6, 6.07) is 0. The summed E-state index contributed by atoms with van der Waals surface area (Å²) in [6.07, 6.45) is 0. The van der Waals surface area contributed by atoms with Crippen LogP contribution in [0.5, 0.6) is 0 Å². The van der Waals surface area contributed by atoms with Crippen LogP contribution in [0.15, 0.2) is 0 Å². The van der Waals surface area contributed by atoms with Crippen LogP contribution < -0.4 is 0 Å². The lowest BCUT2D eigenvalue weighted by atomic mass is 10.5. The molecule has 0 spiro atoms. The molecule has 0 radical (unpaired) electrons. The van der Waals surface area contributed by atoms with Crippen LogP contribution in [0.4, 0.5) is 0 Å². The Labute approximate surface area is 77.2 Å². The predicted octanol–water partition coefficient (Wildman–Crippen LogP) is 0.902. The highest BCUT2D eigenvalue weighted by Gasteiger charge is 2.20. The Morgan fingerprint density at radius 3 is 2.36 bits per heavy atom. The third-order valence-corrected chi connectivity index (χ3v) is 3.16. The molecule has 2 nitrogen and oxygen atoms in total. The molecule has 1 aliphatic rings. The number of nitrogens with zero attached hydrogens (tertiary/aromatic N) is 2. The summed E-state index contributed by atoms with van der Waals surface area (Å²) < 4.78 is 1.96. The van der Waals surface area contributed by atoms with Crippen LogP contribution in [0.25, 0.3) is 0 Å². The maximum Gasteiger partial charge on any atom is 0.344 e. The zero-order chi connectivity index (χ0) is 8.27. The first kappa shape index (κ1) is 9.20. The quantitative estimate of drug-likeness (QED) is 0.244. The number of thioether (sulfide) groups is 1. The van der Waals surface area contributed by atoms with Gasteiger partial charge in [-0.3, -0.25) is 4.58 Å². The molecule has 64 valence electrons. The van der Waals surface area contributed by atoms with Crippen molar-refractivity contribution >= 4 is 28.7 Å². The summed E-state index contributed by atoms with van der Waals surface area (Å²) in [5.41, 5.74) is 0. The second-order valence-electron chi connectivity index (χ2n) is 2.76. The molecule has 0 aromatic carbocycles. The summed E-state index contributed by atoms with van der Waals surface area (Å²) in [5.74, 6) is 2.40. The second kappa shape index (κ2) is 4.21. The van der Waals surface area contributed by atoms with Crippen molar-refractivity contribution in [3.63, 3.8) is 0 Å². The molecule has 0 aliphatic carbocycles. The van der Waals surface area contributed by atoms with Crippen LogP contribution in [-0.4, -0.2) is 53.5 Å². The van der Waals surface area contributed by atoms with Crippen molar-refractivity contribution in [2.75, 3.05) is 38.7 Å². The van der Waals surface area contributed by atoms with Gasteiger partial charge in [0.05, 0.1) is 27.2 Å². The maximum absolute atomic E-state index is 6.05. The van der Waals surface area contributed by atoms with E-state index in [0.29, 0.717) is 0 Å². The largest absolute Gasteiger partial charge is 0.344 e. The summed E-state index contributed by atoms with van der Waals surface area (Å²) in [7, 11) is 3.95. The van der Waals surface area contributed by atoms with Crippen LogP contribution in [0.2, 0.25) is 0 Å². The van der Waals surface area contributed by atoms with Crippen LogP contribution in [0.1, 0.15) is 0 Å². The third kappa shape index (κ3) is 2.56. The highest BCUT2D eigenvalue weighted by molar-refractivity contribution is 7.99. The second-order valence-corrected chi connectivity index (χ2v) is 4.33. The molecule has 1 aliphatic heterocycles. The molecule has 0 aromatic rings. The normalized spacial score (nSPS) is 18.3. The number of hydrogen-bond acceptors (Lipinski definition) is 1. The fourth-order valence-electron chi connectivity index (χ4n) is 1.03. The van der Waals surface area contributed by atoms with E-state index >= 15 is 0 Å². The Balaban J connectivity index is 2.52. The first-order chi connectivity index (χ1) is 5.22. The lowest BCUT2D eigenvalue weighted by Gasteiger charge is -2.20. The Hall–Kier alpha value is 0.110. The Bertz CT molecular complexity index is 160. The number of rotatable bonds is 0. The molecule has 0 saturated carbocycles. The van der Waals surface area contributed by atoms with Crippen molar-refractivity contribution in [2.45, 2.75) is 0 Å². The average Bonchev–Trinajstić information content (AvgIpc) is 2.05. The van der Waals surface area contributed by atoms with Gasteiger partial charge in [0.2, 0.25) is 0 Å². The third-order valence-electron chi connectivity index (χ3n) is 1.64. The Kier molecular flexibility index (Phi) is 3.52. The zero-order valence-electron chi connectivity index (χ0n) is 7.01. The number of amidine groups is 1. The van der Waals surface area contributed by atoms with Gasteiger partial charge in [-0.05, 0) is 0 Å². The first-order valence-electron chi connectivity index (χ1n) is 3.74. The van der Waals surface area contributed by atoms with Crippen molar-refractivity contribution in [3.8, 4) is 0 Å². The lowest BCUT2D eigenvalue weighted by Crippen LogP contribution is -2.38. The van der Waals surface area contributed by atoms with Gasteiger partial charge in [0.15, 0.2) is 0 Å². The molecule has 11 heavy (non-hydrogen) atoms. The van der Waals surface area contributed by atoms with Crippen LogP contribution in [0.3, 0.4) is 0 Å². The zero-order valence-corrected chi connectivity index (χ0v) is 8.58. The van der Waals surface area contributed by atoms with Crippen molar-refractivity contribution < 1.29 is 4.58 Å². The predicted molar refractivity (Wildman–Crippen MR) is 51.9 cm³/mol. The van der Waals surface area contributed by atoms with E-state index in [-0.39, 0.29) is 0 Å². The summed E-state index contributed by atoms with van der Waals surface area (Å²) in [4.78, 5) is 2.22. The number of hydrogen-bond donors (Lipinski definition) is 0. The van der Waals surface area contributed by atoms with Gasteiger partial charge >= 0.3 is 5.29 Å². The van der Waals surface area contributed by atoms with Gasteiger partial charge in [0.25, 0.3) is 0 Å². The first-order valence-corrected chi connectivity index (χ1v) is 5.27. The minimum absolute atomic E-state index is 0.866. The van der Waals surface area contributed by atoms with Crippen LogP contribution in [0, 0.1) is 0 Å². The summed E-state index contributed by atoms with van der Waals surface area (Å²) >= 11 is 8.05. The van der Waals surface area contributed by atoms with Crippen LogP contribution in [-0.2, 0) is 0 Å². The molecular formula is C7H14ClN2S+. The summed E-state index contributed by atoms with van der Waals surface area (Å²) in [5, 5.41) is 0.866. The molecule has 0 unspecified atom stereocenters. The van der Waals surface area contributed by atoms with E-state index < -0.39 is 0 Å². The fourth-order valence-corrected chi connectivity index (χ4v) is 2.10. The fraction of sp³-hybridized carbons (Fsp3) is 0.857. The summed E-state index contributed by atoms with van der Waals surface area (Å²) in [6.45, 7) is 2.17.